The molecular formula is C17H34NOW2-. The molecule has 1 rings (SSSR count). The summed E-state index contributed by atoms with van der Waals surface area (Å²) in [6.07, 6.45) is 2.50. The molecular weight excluding hydrogens is 602 g/mol. The molecule has 0 radical (unpaired) electrons. The first-order valence-electron chi connectivity index (χ1n) is 7.15. The standard InChI is InChI=1S/C12H23NO.C5H11.2W/c1-11(2,3)7-9-8-13-10(14-9)12(4,5)6;1-5(2,3)4;;/h7-10,13H,1-6H3;1H2,2-4H3;;/q-2;-1;;+2. The monoisotopic (exact) mass is 636 g/mol. The molecule has 2 atom stereocenters. The summed E-state index contributed by atoms with van der Waals surface area (Å²) in [5.74, 6) is 0. The summed E-state index contributed by atoms with van der Waals surface area (Å²) in [6, 6.07) is 0. The summed E-state index contributed by atoms with van der Waals surface area (Å²) < 4.78 is 5.88. The van der Waals surface area contributed by atoms with Crippen LogP contribution < -0.4 is 5.32 Å². The van der Waals surface area contributed by atoms with Crippen LogP contribution in [0.25, 0.3) is 0 Å². The molecule has 0 aromatic heterocycles. The predicted octanol–water partition coefficient (Wildman–Crippen LogP) is 4.62. The van der Waals surface area contributed by atoms with Crippen molar-refractivity contribution in [3.63, 3.8) is 0 Å². The molecule has 1 fully saturated rings. The quantitative estimate of drug-likeness (QED) is 0.425. The maximum atomic E-state index is 5.88. The Morgan fingerprint density at radius 2 is 1.38 bits per heavy atom. The average Bonchev–Trinajstić information content (AvgIpc) is 2.44. The molecule has 0 bridgehead atoms. The van der Waals surface area contributed by atoms with Gasteiger partial charge in [-0.1, -0.05) is 62.3 Å². The largest absolute Gasteiger partial charge is 2.00 e. The van der Waals surface area contributed by atoms with Gasteiger partial charge in [0.1, 0.15) is 0 Å². The minimum Gasteiger partial charge on any atom is -0.445 e. The number of rotatable bonds is 1. The van der Waals surface area contributed by atoms with E-state index in [0.29, 0.717) is 0 Å². The number of hydrogen-bond donors (Lipinski definition) is 1. The zero-order valence-corrected chi connectivity index (χ0v) is 21.1. The number of ether oxygens (including phenoxy) is 1. The molecule has 0 aromatic rings. The van der Waals surface area contributed by atoms with Crippen molar-refractivity contribution in [2.24, 2.45) is 16.2 Å². The second-order valence-electron chi connectivity index (χ2n) is 8.77. The van der Waals surface area contributed by atoms with Gasteiger partial charge in [0.25, 0.3) is 0 Å². The van der Waals surface area contributed by atoms with Crippen molar-refractivity contribution in [3.8, 4) is 0 Å². The van der Waals surface area contributed by atoms with Gasteiger partial charge in [0.05, 0.1) is 6.23 Å². The van der Waals surface area contributed by atoms with E-state index in [9.17, 15) is 0 Å². The van der Waals surface area contributed by atoms with Gasteiger partial charge in [0, 0.05) is 21.1 Å². The molecule has 1 saturated heterocycles. The van der Waals surface area contributed by atoms with Crippen molar-refractivity contribution >= 4 is 0 Å². The molecule has 2 unspecified atom stereocenters. The molecule has 21 heavy (non-hydrogen) atoms. The van der Waals surface area contributed by atoms with Crippen LogP contribution in [-0.2, 0) is 46.9 Å². The van der Waals surface area contributed by atoms with Gasteiger partial charge in [-0.3, -0.25) is 6.54 Å². The smallest absolute Gasteiger partial charge is 0.445 e. The van der Waals surface area contributed by atoms with Gasteiger partial charge >= 0.3 is 21.1 Å². The minimum absolute atomic E-state index is 0. The molecule has 1 heterocycles. The Morgan fingerprint density at radius 3 is 1.62 bits per heavy atom. The fourth-order valence-electron chi connectivity index (χ4n) is 1.45. The van der Waals surface area contributed by atoms with Gasteiger partial charge in [0.2, 0.25) is 0 Å². The first-order chi connectivity index (χ1) is 8.18. The van der Waals surface area contributed by atoms with Gasteiger partial charge in [-0.05, 0) is 5.41 Å². The van der Waals surface area contributed by atoms with Gasteiger partial charge in [-0.25, -0.2) is 0 Å². The van der Waals surface area contributed by atoms with Crippen LogP contribution in [0.1, 0.15) is 62.3 Å². The van der Waals surface area contributed by atoms with E-state index in [1.807, 2.05) is 6.54 Å². The van der Waals surface area contributed by atoms with E-state index < -0.39 is 0 Å². The Balaban J connectivity index is -0.000000405. The molecule has 0 saturated carbocycles. The molecule has 1 N–H and O–H groups in total. The van der Waals surface area contributed by atoms with Crippen molar-refractivity contribution in [2.45, 2.75) is 74.6 Å². The van der Waals surface area contributed by atoms with E-state index in [2.05, 4.69) is 81.0 Å². The zero-order chi connectivity index (χ0) is 15.5. The summed E-state index contributed by atoms with van der Waals surface area (Å²) in [5.41, 5.74) is 0.604. The molecule has 0 aliphatic carbocycles. The van der Waals surface area contributed by atoms with Gasteiger partial charge in [-0.15, -0.1) is 0 Å². The SMILES string of the molecule is CC(C)(C)[CH-]C1[CH-]NC(C(C)(C)C)O1.[CH2-]C(C)(C)C.[W+2].[W]. The summed E-state index contributed by atoms with van der Waals surface area (Å²) >= 11 is 0. The van der Waals surface area contributed by atoms with Crippen molar-refractivity contribution in [2.75, 3.05) is 0 Å². The van der Waals surface area contributed by atoms with E-state index >= 15 is 0 Å². The maximum absolute atomic E-state index is 5.88. The van der Waals surface area contributed by atoms with Crippen molar-refractivity contribution in [1.29, 1.82) is 0 Å². The van der Waals surface area contributed by atoms with E-state index in [1.54, 1.807) is 0 Å². The zero-order valence-electron chi connectivity index (χ0n) is 15.2. The summed E-state index contributed by atoms with van der Waals surface area (Å²) in [6.45, 7) is 25.1. The van der Waals surface area contributed by atoms with Crippen LogP contribution in [-0.4, -0.2) is 12.3 Å². The Labute approximate surface area is 162 Å². The van der Waals surface area contributed by atoms with E-state index in [0.717, 1.165) is 0 Å². The van der Waals surface area contributed by atoms with Crippen LogP contribution in [0.4, 0.5) is 0 Å². The minimum atomic E-state index is 0. The van der Waals surface area contributed by atoms with Crippen molar-refractivity contribution in [3.05, 3.63) is 19.9 Å². The third kappa shape index (κ3) is 17.5. The summed E-state index contributed by atoms with van der Waals surface area (Å²) in [7, 11) is 0. The fourth-order valence-corrected chi connectivity index (χ4v) is 1.45. The molecule has 0 aromatic carbocycles. The van der Waals surface area contributed by atoms with Crippen LogP contribution in [0, 0.1) is 36.1 Å². The maximum Gasteiger partial charge on any atom is 2.00 e. The third-order valence-electron chi connectivity index (χ3n) is 2.16. The Bertz CT molecular complexity index is 255. The molecule has 4 heteroatoms. The number of nitrogens with one attached hydrogen (secondary N) is 1. The number of hydrogen-bond acceptors (Lipinski definition) is 2. The first kappa shape index (κ1) is 27.2. The molecule has 1 aliphatic heterocycles. The average molecular weight is 636 g/mol. The molecule has 0 spiro atoms. The summed E-state index contributed by atoms with van der Waals surface area (Å²) in [5, 5.41) is 3.29. The van der Waals surface area contributed by atoms with E-state index in [4.69, 9.17) is 4.74 Å². The van der Waals surface area contributed by atoms with Crippen LogP contribution in [0.5, 0.6) is 0 Å². The predicted molar refractivity (Wildman–Crippen MR) is 84.1 cm³/mol. The fraction of sp³-hybridized carbons (Fsp3) is 0.824. The molecule has 1 aliphatic rings. The van der Waals surface area contributed by atoms with Gasteiger partial charge < -0.3 is 23.4 Å². The molecule has 2 nitrogen and oxygen atoms in total. The van der Waals surface area contributed by atoms with Gasteiger partial charge in [0.15, 0.2) is 0 Å². The first-order valence-corrected chi connectivity index (χ1v) is 7.15. The second-order valence-corrected chi connectivity index (χ2v) is 8.77. The Hall–Kier alpha value is 1.30. The van der Waals surface area contributed by atoms with Crippen molar-refractivity contribution < 1.29 is 46.9 Å². The van der Waals surface area contributed by atoms with Gasteiger partial charge in [-0.2, -0.15) is 16.9 Å². The van der Waals surface area contributed by atoms with Crippen molar-refractivity contribution in [1.82, 2.24) is 5.32 Å². The topological polar surface area (TPSA) is 21.3 Å². The van der Waals surface area contributed by atoms with E-state index in [1.165, 1.54) is 0 Å². The summed E-state index contributed by atoms with van der Waals surface area (Å²) in [4.78, 5) is 0. The van der Waals surface area contributed by atoms with Crippen LogP contribution in [0.2, 0.25) is 0 Å². The third-order valence-corrected chi connectivity index (χ3v) is 2.16. The Morgan fingerprint density at radius 1 is 1.00 bits per heavy atom. The van der Waals surface area contributed by atoms with Crippen LogP contribution >= 0.6 is 0 Å². The Kier molecular flexibility index (Phi) is 13.2. The second kappa shape index (κ2) is 10.2. The molecule has 126 valence electrons. The van der Waals surface area contributed by atoms with Crippen LogP contribution in [0.15, 0.2) is 0 Å². The molecule has 0 amide bonds. The van der Waals surface area contributed by atoms with E-state index in [-0.39, 0.29) is 70.7 Å². The normalized spacial score (nSPS) is 22.6. The van der Waals surface area contributed by atoms with Crippen LogP contribution in [0.3, 0.4) is 0 Å².